The van der Waals surface area contributed by atoms with Gasteiger partial charge in [-0.2, -0.15) is 0 Å². The minimum atomic E-state index is 0.556. The van der Waals surface area contributed by atoms with E-state index >= 15 is 0 Å². The minimum absolute atomic E-state index is 0.556. The number of hydrogen-bond acceptors (Lipinski definition) is 2. The van der Waals surface area contributed by atoms with E-state index in [1.807, 2.05) is 0 Å². The van der Waals surface area contributed by atoms with E-state index in [0.29, 0.717) is 6.04 Å². The SMILES string of the molecule is NCCCCNC1CCc2cc(Br)ccc21. The number of rotatable bonds is 5. The van der Waals surface area contributed by atoms with Crippen LogP contribution in [0.2, 0.25) is 0 Å². The summed E-state index contributed by atoms with van der Waals surface area (Å²) in [5, 5.41) is 3.62. The van der Waals surface area contributed by atoms with Crippen molar-refractivity contribution >= 4 is 15.9 Å². The average molecular weight is 283 g/mol. The Labute approximate surface area is 106 Å². The van der Waals surface area contributed by atoms with Gasteiger partial charge in [0.2, 0.25) is 0 Å². The monoisotopic (exact) mass is 282 g/mol. The van der Waals surface area contributed by atoms with Crippen LogP contribution in [-0.2, 0) is 6.42 Å². The highest BCUT2D eigenvalue weighted by molar-refractivity contribution is 9.10. The summed E-state index contributed by atoms with van der Waals surface area (Å²) in [5.74, 6) is 0. The van der Waals surface area contributed by atoms with Gasteiger partial charge in [-0.15, -0.1) is 0 Å². The van der Waals surface area contributed by atoms with Gasteiger partial charge in [0.25, 0.3) is 0 Å². The van der Waals surface area contributed by atoms with E-state index in [1.54, 1.807) is 0 Å². The molecule has 1 unspecified atom stereocenters. The Morgan fingerprint density at radius 3 is 3.06 bits per heavy atom. The summed E-state index contributed by atoms with van der Waals surface area (Å²) in [7, 11) is 0. The number of hydrogen-bond donors (Lipinski definition) is 2. The van der Waals surface area contributed by atoms with Crippen molar-refractivity contribution in [1.29, 1.82) is 0 Å². The van der Waals surface area contributed by atoms with Crippen LogP contribution in [0.15, 0.2) is 22.7 Å². The zero-order chi connectivity index (χ0) is 11.4. The van der Waals surface area contributed by atoms with E-state index in [2.05, 4.69) is 39.4 Å². The molecule has 0 fully saturated rings. The lowest BCUT2D eigenvalue weighted by molar-refractivity contribution is 0.514. The highest BCUT2D eigenvalue weighted by atomic mass is 79.9. The number of benzene rings is 1. The molecule has 0 amide bonds. The van der Waals surface area contributed by atoms with Crippen LogP contribution in [0.4, 0.5) is 0 Å². The summed E-state index contributed by atoms with van der Waals surface area (Å²) in [6, 6.07) is 7.18. The van der Waals surface area contributed by atoms with Gasteiger partial charge in [-0.05, 0) is 62.0 Å². The standard InChI is InChI=1S/C13H19BrN2/c14-11-4-5-12-10(9-11)3-6-13(12)16-8-2-1-7-15/h4-5,9,13,16H,1-3,6-8,15H2. The van der Waals surface area contributed by atoms with Crippen LogP contribution in [-0.4, -0.2) is 13.1 Å². The summed E-state index contributed by atoms with van der Waals surface area (Å²) in [4.78, 5) is 0. The van der Waals surface area contributed by atoms with E-state index in [4.69, 9.17) is 5.73 Å². The molecule has 3 N–H and O–H groups in total. The Balaban J connectivity index is 1.91. The number of unbranched alkanes of at least 4 members (excludes halogenated alkanes) is 1. The van der Waals surface area contributed by atoms with Gasteiger partial charge in [-0.25, -0.2) is 0 Å². The summed E-state index contributed by atoms with van der Waals surface area (Å²) < 4.78 is 1.19. The lowest BCUT2D eigenvalue weighted by atomic mass is 10.1. The third kappa shape index (κ3) is 2.84. The van der Waals surface area contributed by atoms with Crippen LogP contribution in [0.25, 0.3) is 0 Å². The fourth-order valence-corrected chi connectivity index (χ4v) is 2.75. The molecule has 1 aromatic rings. The van der Waals surface area contributed by atoms with Crippen LogP contribution in [0.3, 0.4) is 0 Å². The molecule has 1 aliphatic rings. The highest BCUT2D eigenvalue weighted by Gasteiger charge is 2.21. The van der Waals surface area contributed by atoms with Crippen LogP contribution in [0.5, 0.6) is 0 Å². The molecule has 0 bridgehead atoms. The van der Waals surface area contributed by atoms with E-state index in [1.165, 1.54) is 34.9 Å². The molecule has 88 valence electrons. The van der Waals surface area contributed by atoms with Gasteiger partial charge in [0.05, 0.1) is 0 Å². The fraction of sp³-hybridized carbons (Fsp3) is 0.538. The van der Waals surface area contributed by atoms with Crippen molar-refractivity contribution in [2.45, 2.75) is 31.7 Å². The van der Waals surface area contributed by atoms with Crippen molar-refractivity contribution in [2.24, 2.45) is 5.73 Å². The van der Waals surface area contributed by atoms with Gasteiger partial charge < -0.3 is 11.1 Å². The zero-order valence-corrected chi connectivity index (χ0v) is 11.1. The van der Waals surface area contributed by atoms with Crippen molar-refractivity contribution in [1.82, 2.24) is 5.32 Å². The molecule has 1 aromatic carbocycles. The lowest BCUT2D eigenvalue weighted by Crippen LogP contribution is -2.21. The van der Waals surface area contributed by atoms with Gasteiger partial charge in [0, 0.05) is 10.5 Å². The highest BCUT2D eigenvalue weighted by Crippen LogP contribution is 2.32. The van der Waals surface area contributed by atoms with Crippen molar-refractivity contribution in [3.8, 4) is 0 Å². The molecule has 0 aromatic heterocycles. The summed E-state index contributed by atoms with van der Waals surface area (Å²) in [6.45, 7) is 1.88. The molecule has 0 spiro atoms. The first-order valence-corrected chi connectivity index (χ1v) is 6.82. The summed E-state index contributed by atoms with van der Waals surface area (Å²) in [5.41, 5.74) is 8.46. The van der Waals surface area contributed by atoms with E-state index in [9.17, 15) is 0 Å². The number of nitrogens with two attached hydrogens (primary N) is 1. The zero-order valence-electron chi connectivity index (χ0n) is 9.51. The van der Waals surface area contributed by atoms with Gasteiger partial charge in [-0.3, -0.25) is 0 Å². The predicted molar refractivity (Wildman–Crippen MR) is 71.5 cm³/mol. The van der Waals surface area contributed by atoms with Crippen molar-refractivity contribution in [3.05, 3.63) is 33.8 Å². The molecule has 0 saturated heterocycles. The molecule has 2 nitrogen and oxygen atoms in total. The molecule has 3 heteroatoms. The molecule has 0 saturated carbocycles. The second-order valence-corrected chi connectivity index (χ2v) is 5.30. The Bertz CT molecular complexity index is 352. The molecule has 0 radical (unpaired) electrons. The van der Waals surface area contributed by atoms with Crippen LogP contribution in [0.1, 0.15) is 36.4 Å². The van der Waals surface area contributed by atoms with Crippen LogP contribution >= 0.6 is 15.9 Å². The number of nitrogens with one attached hydrogen (secondary N) is 1. The largest absolute Gasteiger partial charge is 0.330 e. The molecule has 0 heterocycles. The van der Waals surface area contributed by atoms with E-state index in [-0.39, 0.29) is 0 Å². The van der Waals surface area contributed by atoms with Crippen molar-refractivity contribution in [2.75, 3.05) is 13.1 Å². The smallest absolute Gasteiger partial charge is 0.0326 e. The Morgan fingerprint density at radius 2 is 2.25 bits per heavy atom. The van der Waals surface area contributed by atoms with Crippen LogP contribution in [0, 0.1) is 0 Å². The quantitative estimate of drug-likeness (QED) is 0.815. The third-order valence-corrected chi connectivity index (χ3v) is 3.70. The predicted octanol–water partition coefficient (Wildman–Crippen LogP) is 2.76. The van der Waals surface area contributed by atoms with Crippen LogP contribution < -0.4 is 11.1 Å². The maximum Gasteiger partial charge on any atom is 0.0326 e. The van der Waals surface area contributed by atoms with E-state index < -0.39 is 0 Å². The van der Waals surface area contributed by atoms with Gasteiger partial charge >= 0.3 is 0 Å². The van der Waals surface area contributed by atoms with E-state index in [0.717, 1.165) is 19.5 Å². The summed E-state index contributed by atoms with van der Waals surface area (Å²) in [6.07, 6.45) is 4.73. The topological polar surface area (TPSA) is 38.0 Å². The maximum absolute atomic E-state index is 5.48. The second-order valence-electron chi connectivity index (χ2n) is 4.38. The fourth-order valence-electron chi connectivity index (χ4n) is 2.34. The van der Waals surface area contributed by atoms with Gasteiger partial charge in [0.15, 0.2) is 0 Å². The second kappa shape index (κ2) is 5.80. The first-order valence-electron chi connectivity index (χ1n) is 6.03. The normalized spacial score (nSPS) is 18.8. The first-order chi connectivity index (χ1) is 7.81. The molecule has 1 aliphatic carbocycles. The Kier molecular flexibility index (Phi) is 4.38. The third-order valence-electron chi connectivity index (χ3n) is 3.20. The maximum atomic E-state index is 5.48. The van der Waals surface area contributed by atoms with Gasteiger partial charge in [-0.1, -0.05) is 22.0 Å². The van der Waals surface area contributed by atoms with Gasteiger partial charge in [0.1, 0.15) is 0 Å². The average Bonchev–Trinajstić information content (AvgIpc) is 2.67. The summed E-state index contributed by atoms with van der Waals surface area (Å²) >= 11 is 3.52. The minimum Gasteiger partial charge on any atom is -0.330 e. The Morgan fingerprint density at radius 1 is 1.38 bits per heavy atom. The Hall–Kier alpha value is -0.380. The molecule has 0 aliphatic heterocycles. The molecule has 16 heavy (non-hydrogen) atoms. The molecule has 2 rings (SSSR count). The number of fused-ring (bicyclic) bond motifs is 1. The molecule has 1 atom stereocenters. The number of halogens is 1. The first kappa shape index (κ1) is 12.1. The number of aryl methyl sites for hydroxylation is 1. The molecular formula is C13H19BrN2. The molecular weight excluding hydrogens is 264 g/mol. The lowest BCUT2D eigenvalue weighted by Gasteiger charge is -2.13. The van der Waals surface area contributed by atoms with Crippen molar-refractivity contribution < 1.29 is 0 Å². The van der Waals surface area contributed by atoms with Crippen molar-refractivity contribution in [3.63, 3.8) is 0 Å².